The number of aliphatic imine (C=N–C) groups is 4. The first-order valence-corrected chi connectivity index (χ1v) is 40.4. The normalized spacial score (nSPS) is 17.7. The minimum absolute atomic E-state index is 0.0304. The molecule has 21 nitrogen and oxygen atoms in total. The van der Waals surface area contributed by atoms with Crippen molar-refractivity contribution in [2.75, 3.05) is 68.3 Å². The largest absolute Gasteiger partial charge is 0.472 e. The van der Waals surface area contributed by atoms with Crippen LogP contribution in [-0.4, -0.2) is 120 Å². The van der Waals surface area contributed by atoms with Gasteiger partial charge in [-0.05, 0) is 167 Å². The summed E-state index contributed by atoms with van der Waals surface area (Å²) in [5, 5.41) is 8.26. The second-order valence-electron chi connectivity index (χ2n) is 28.7. The second kappa shape index (κ2) is 37.5. The van der Waals surface area contributed by atoms with Gasteiger partial charge in [0, 0.05) is 104 Å². The summed E-state index contributed by atoms with van der Waals surface area (Å²) >= 11 is 0. The molecular weight excluding hydrogens is 1380 g/mol. The van der Waals surface area contributed by atoms with E-state index >= 15 is 0 Å². The molecule has 6 heterocycles. The summed E-state index contributed by atoms with van der Waals surface area (Å²) in [5.41, 5.74) is 21.7. The van der Waals surface area contributed by atoms with E-state index in [9.17, 15) is 28.6 Å². The van der Waals surface area contributed by atoms with Crippen LogP contribution in [0.5, 0.6) is 0 Å². The molecule has 0 spiro atoms. The Balaban J connectivity index is 0.692. The Morgan fingerprint density at radius 1 is 0.741 bits per heavy atom. The lowest BCUT2D eigenvalue weighted by molar-refractivity contribution is -0.162. The van der Waals surface area contributed by atoms with Gasteiger partial charge < -0.3 is 34.1 Å². The molecular formula is C86H106N11O10P. The van der Waals surface area contributed by atoms with Crippen LogP contribution in [0.25, 0.3) is 28.1 Å². The third-order valence-electron chi connectivity index (χ3n) is 21.2. The smallest absolute Gasteiger partial charge is 0.462 e. The van der Waals surface area contributed by atoms with Crippen molar-refractivity contribution in [1.82, 2.24) is 14.9 Å². The number of nitrogens with one attached hydrogen (secondary N) is 2. The van der Waals surface area contributed by atoms with Gasteiger partial charge in [0.25, 0.3) is 0 Å². The Hall–Kier alpha value is -9.53. The Morgan fingerprint density at radius 2 is 1.42 bits per heavy atom. The molecule has 0 saturated heterocycles. The number of allylic oxidation sites excluding steroid dienone is 12. The number of carbonyl (C=O) groups is 4. The molecule has 4 atom stereocenters. The molecule has 3 aromatic rings. The number of fused-ring (bicyclic) bond motifs is 6. The molecule has 11 rings (SSSR count). The maximum absolute atomic E-state index is 14.6. The molecule has 3 N–H and O–H groups in total. The molecule has 3 aromatic carbocycles. The molecule has 8 aliphatic rings. The fourth-order valence-corrected chi connectivity index (χ4v) is 15.7. The van der Waals surface area contributed by atoms with Crippen molar-refractivity contribution < 1.29 is 47.2 Å². The van der Waals surface area contributed by atoms with Crippen LogP contribution >= 0.6 is 7.82 Å². The molecule has 22 heteroatoms. The number of unbranched alkanes of at least 4 members (excludes halogenated alkanes) is 12. The standard InChI is InChI=1S/C86H106N11O10P/c1-11-16-17-18-19-20-21-22-23-24-25-26-30-35-82(100)104-54-65(107-83(101)50-68-58(8)74-51-72-56(6)66(12-2)76(89-72)52-73-57(7)67(13-3)77(90-73)53-75-59(9)84-80(98)49-69(85(68)91-74)86(84)92-75)55-106-108(102,103)105-46-44-87-81(99)34-31-45-95(10)62-39-36-60(37-40-62)93-94-61-38-42-70-78(47-61)97(63-32-28-27-29-33-63)79-48-64(96(14-4)15-5)41-43-71(79)88-70/h12,27-29,32-33,36-43,47-48,51-53,58,65,68,93H,2,11,13-26,30-31,34-35,44-46,49-50,54-55H2,1,3-10H3,(H,87,99)(H,102,103)/t58-,65-,68-/m1/s1. The molecule has 2 aliphatic carbocycles. The summed E-state index contributed by atoms with van der Waals surface area (Å²) in [6, 6.07) is 30.6. The van der Waals surface area contributed by atoms with Gasteiger partial charge in [0.15, 0.2) is 11.9 Å². The fourth-order valence-electron chi connectivity index (χ4n) is 14.9. The lowest BCUT2D eigenvalue weighted by atomic mass is 9.85. The minimum Gasteiger partial charge on any atom is -0.462 e. The minimum atomic E-state index is -4.84. The number of esters is 2. The Kier molecular flexibility index (Phi) is 27.6. The summed E-state index contributed by atoms with van der Waals surface area (Å²) < 4.78 is 38.3. The molecule has 108 heavy (non-hydrogen) atoms. The SMILES string of the molecule is C=CC1=C(C)C2=CC3=NC(=C4CC(=O)C5=C(C)C(=CC6=NC(=CC1=N2)C(C)=C6CC)N=C45)[C@H](CC(=O)O[C@H](COC(=O)CCCCCCCCCCCCCCC)COP(=O)(O)OCCNC(=O)CCCN(C)c1ccc(NN=c2ccc4nc5ccc(N(CC)CC)cc5n(-c5ccccc5)c-4c2)cc1)[C@H]3C. The molecule has 570 valence electrons. The van der Waals surface area contributed by atoms with E-state index in [0.29, 0.717) is 64.8 Å². The average Bonchev–Trinajstić information content (AvgIpc) is 1.13. The van der Waals surface area contributed by atoms with E-state index in [-0.39, 0.29) is 50.5 Å². The summed E-state index contributed by atoms with van der Waals surface area (Å²) in [4.78, 5) is 96.0. The predicted octanol–water partition coefficient (Wildman–Crippen LogP) is 17.2. The van der Waals surface area contributed by atoms with Crippen LogP contribution in [0.2, 0.25) is 0 Å². The third kappa shape index (κ3) is 19.7. The number of para-hydroxylation sites is 1. The molecule has 8 bridgehead atoms. The summed E-state index contributed by atoms with van der Waals surface area (Å²) in [5.74, 6) is -2.62. The number of amides is 1. The highest BCUT2D eigenvalue weighted by atomic mass is 31.2. The van der Waals surface area contributed by atoms with Gasteiger partial charge in [-0.15, -0.1) is 0 Å². The van der Waals surface area contributed by atoms with Gasteiger partial charge in [0.2, 0.25) is 5.91 Å². The lowest BCUT2D eigenvalue weighted by Crippen LogP contribution is -2.31. The molecule has 0 radical (unpaired) electrons. The number of anilines is 3. The van der Waals surface area contributed by atoms with Gasteiger partial charge in [0.1, 0.15) is 6.61 Å². The number of ether oxygens (including phenoxy) is 2. The van der Waals surface area contributed by atoms with Crippen LogP contribution in [0.15, 0.2) is 209 Å². The number of nitrogens with zero attached hydrogens (tertiary/aromatic N) is 9. The molecule has 1 saturated carbocycles. The number of benzene rings is 4. The Bertz CT molecular complexity index is 4660. The van der Waals surface area contributed by atoms with Crippen molar-refractivity contribution >= 4 is 82.4 Å². The van der Waals surface area contributed by atoms with Crippen LogP contribution in [0, 0.1) is 11.8 Å². The molecule has 6 aliphatic heterocycles. The van der Waals surface area contributed by atoms with Crippen molar-refractivity contribution in [1.29, 1.82) is 0 Å². The molecule has 1 unspecified atom stereocenters. The number of Topliss-reactive ketones (excluding diaryl/α,β-unsaturated/α-hetero) is 1. The molecule has 1 fully saturated rings. The van der Waals surface area contributed by atoms with E-state index in [1.54, 1.807) is 6.08 Å². The highest BCUT2D eigenvalue weighted by Crippen LogP contribution is 2.47. The first-order valence-electron chi connectivity index (χ1n) is 38.9. The van der Waals surface area contributed by atoms with Crippen LogP contribution in [0.3, 0.4) is 0 Å². The Morgan fingerprint density at radius 3 is 2.12 bits per heavy atom. The summed E-state index contributed by atoms with van der Waals surface area (Å²) in [6.07, 6.45) is 22.6. The van der Waals surface area contributed by atoms with Gasteiger partial charge in [-0.2, -0.15) is 5.10 Å². The summed E-state index contributed by atoms with van der Waals surface area (Å²) in [6.45, 7) is 21.4. The van der Waals surface area contributed by atoms with Crippen LogP contribution < -0.4 is 25.9 Å². The van der Waals surface area contributed by atoms with Crippen molar-refractivity contribution in [3.05, 3.63) is 189 Å². The van der Waals surface area contributed by atoms with E-state index in [0.717, 1.165) is 135 Å². The van der Waals surface area contributed by atoms with Crippen LogP contribution in [0.4, 0.5) is 17.1 Å². The highest BCUT2D eigenvalue weighted by molar-refractivity contribution is 7.47. The zero-order chi connectivity index (χ0) is 76.4. The lowest BCUT2D eigenvalue weighted by Gasteiger charge is -2.24. The maximum atomic E-state index is 14.6. The van der Waals surface area contributed by atoms with Crippen LogP contribution in [0.1, 0.15) is 177 Å². The topological polar surface area (TPSA) is 253 Å². The van der Waals surface area contributed by atoms with Crippen molar-refractivity contribution in [2.24, 2.45) is 36.9 Å². The molecule has 0 aromatic heterocycles. The number of ketones is 1. The zero-order valence-electron chi connectivity index (χ0n) is 64.4. The number of aromatic nitrogens is 2. The van der Waals surface area contributed by atoms with Gasteiger partial charge >= 0.3 is 19.8 Å². The highest BCUT2D eigenvalue weighted by Gasteiger charge is 2.44. The monoisotopic (exact) mass is 1480 g/mol. The fraction of sp³-hybridized carbons (Fsp3) is 0.442. The van der Waals surface area contributed by atoms with Crippen LogP contribution in [-0.2, 0) is 42.3 Å². The van der Waals surface area contributed by atoms with E-state index in [2.05, 4.69) is 96.6 Å². The van der Waals surface area contributed by atoms with E-state index in [1.807, 2.05) is 107 Å². The Labute approximate surface area is 635 Å². The average molecular weight is 1480 g/mol. The van der Waals surface area contributed by atoms with E-state index < -0.39 is 50.9 Å². The number of hydrogen-bond donors (Lipinski definition) is 3. The van der Waals surface area contributed by atoms with Crippen molar-refractivity contribution in [3.8, 4) is 17.1 Å². The van der Waals surface area contributed by atoms with Gasteiger partial charge in [-0.25, -0.2) is 24.5 Å². The second-order valence-corrected chi connectivity index (χ2v) is 30.1. The number of rotatable bonds is 39. The maximum Gasteiger partial charge on any atom is 0.472 e. The van der Waals surface area contributed by atoms with Gasteiger partial charge in [-0.1, -0.05) is 129 Å². The molecule has 1 amide bonds. The van der Waals surface area contributed by atoms with Crippen molar-refractivity contribution in [3.63, 3.8) is 0 Å². The quantitative estimate of drug-likeness (QED) is 0.0109. The predicted molar refractivity (Wildman–Crippen MR) is 432 cm³/mol. The first kappa shape index (κ1) is 79.5. The van der Waals surface area contributed by atoms with Gasteiger partial charge in [-0.3, -0.25) is 38.6 Å². The first-order chi connectivity index (χ1) is 52.3. The number of phosphoric ester groups is 1. The third-order valence-corrected chi connectivity index (χ3v) is 22.2. The zero-order valence-corrected chi connectivity index (χ0v) is 65.3. The van der Waals surface area contributed by atoms with Gasteiger partial charge in [0.05, 0.1) is 93.0 Å². The van der Waals surface area contributed by atoms with Crippen molar-refractivity contribution in [2.45, 2.75) is 183 Å². The number of hydrogen-bond acceptors (Lipinski definition) is 18. The van der Waals surface area contributed by atoms with E-state index in [1.165, 1.54) is 51.4 Å². The van der Waals surface area contributed by atoms with E-state index in [4.69, 9.17) is 48.6 Å². The number of phosphoric acid groups is 1. The number of carbonyl (C=O) groups excluding carboxylic acids is 4. The summed E-state index contributed by atoms with van der Waals surface area (Å²) in [7, 11) is -2.89.